The number of benzene rings is 1. The molecule has 1 saturated heterocycles. The van der Waals surface area contributed by atoms with Crippen LogP contribution in [0.25, 0.3) is 10.3 Å². The molecule has 1 aromatic carbocycles. The average Bonchev–Trinajstić information content (AvgIpc) is 3.27. The number of anilines is 2. The minimum atomic E-state index is -0.408. The molecule has 2 N–H and O–H groups in total. The Balaban J connectivity index is 1.49. The topological polar surface area (TPSA) is 126 Å². The molecule has 0 unspecified atom stereocenters. The van der Waals surface area contributed by atoms with Gasteiger partial charge in [0.1, 0.15) is 17.6 Å². The molecular weight excluding hydrogens is 456 g/mol. The number of hydrogen-bond acceptors (Lipinski definition) is 8. The van der Waals surface area contributed by atoms with Crippen LogP contribution in [-0.2, 0) is 16.1 Å². The summed E-state index contributed by atoms with van der Waals surface area (Å²) in [4.78, 5) is 60.1. The molecule has 11 heteroatoms. The van der Waals surface area contributed by atoms with Gasteiger partial charge in [-0.1, -0.05) is 23.5 Å². The van der Waals surface area contributed by atoms with Gasteiger partial charge in [-0.05, 0) is 38.8 Å². The number of carbonyl (C=O) groups excluding carboxylic acids is 3. The summed E-state index contributed by atoms with van der Waals surface area (Å²) in [6, 6.07) is 6.62. The lowest BCUT2D eigenvalue weighted by molar-refractivity contribution is -0.125. The van der Waals surface area contributed by atoms with Crippen molar-refractivity contribution in [1.29, 1.82) is 0 Å². The predicted molar refractivity (Wildman–Crippen MR) is 130 cm³/mol. The van der Waals surface area contributed by atoms with Gasteiger partial charge in [0.05, 0.1) is 5.92 Å². The molecule has 1 atom stereocenters. The number of piperidine rings is 1. The van der Waals surface area contributed by atoms with E-state index in [-0.39, 0.29) is 29.7 Å². The Morgan fingerprint density at radius 2 is 2.09 bits per heavy atom. The van der Waals surface area contributed by atoms with E-state index in [4.69, 9.17) is 0 Å². The quantitative estimate of drug-likeness (QED) is 0.494. The summed E-state index contributed by atoms with van der Waals surface area (Å²) in [6.45, 7) is 5.02. The molecule has 10 nitrogen and oxygen atoms in total. The molecule has 0 spiro atoms. The van der Waals surface area contributed by atoms with Crippen LogP contribution in [0.2, 0.25) is 0 Å². The number of nitrogens with one attached hydrogen (secondary N) is 2. The first kappa shape index (κ1) is 23.6. The highest BCUT2D eigenvalue weighted by atomic mass is 32.1. The van der Waals surface area contributed by atoms with Crippen molar-refractivity contribution < 1.29 is 14.4 Å². The second kappa shape index (κ2) is 10.1. The number of carbonyl (C=O) groups is 3. The lowest BCUT2D eigenvalue weighted by Crippen LogP contribution is -2.43. The molecule has 34 heavy (non-hydrogen) atoms. The van der Waals surface area contributed by atoms with Crippen LogP contribution in [0.3, 0.4) is 0 Å². The summed E-state index contributed by atoms with van der Waals surface area (Å²) in [5.74, 6) is -0.590. The first-order valence-corrected chi connectivity index (χ1v) is 12.0. The highest BCUT2D eigenvalue weighted by Gasteiger charge is 2.27. The number of rotatable bonds is 7. The number of fused-ring (bicyclic) bond motifs is 1. The Morgan fingerprint density at radius 1 is 1.26 bits per heavy atom. The Kier molecular flexibility index (Phi) is 7.01. The number of Topliss-reactive ketones (excluding diaryl/α,β-unsaturated/α-hetero) is 1. The Labute approximate surface area is 200 Å². The van der Waals surface area contributed by atoms with E-state index in [0.29, 0.717) is 39.8 Å². The van der Waals surface area contributed by atoms with E-state index < -0.39 is 5.91 Å². The zero-order chi connectivity index (χ0) is 24.2. The van der Waals surface area contributed by atoms with E-state index in [1.807, 2.05) is 11.8 Å². The fourth-order valence-electron chi connectivity index (χ4n) is 3.94. The maximum Gasteiger partial charge on any atom is 0.273 e. The van der Waals surface area contributed by atoms with Crippen LogP contribution < -0.4 is 21.1 Å². The molecule has 1 fully saturated rings. The van der Waals surface area contributed by atoms with E-state index in [0.717, 1.165) is 19.4 Å². The van der Waals surface area contributed by atoms with Crippen LogP contribution in [0.1, 0.15) is 37.0 Å². The first-order valence-electron chi connectivity index (χ1n) is 11.1. The third kappa shape index (κ3) is 5.14. The Hall–Kier alpha value is -3.60. The van der Waals surface area contributed by atoms with Gasteiger partial charge in [-0.15, -0.1) is 0 Å². The normalized spacial score (nSPS) is 15.8. The summed E-state index contributed by atoms with van der Waals surface area (Å²) >= 11 is 1.23. The summed E-state index contributed by atoms with van der Waals surface area (Å²) in [7, 11) is 0. The van der Waals surface area contributed by atoms with Crippen molar-refractivity contribution in [2.24, 2.45) is 5.92 Å². The fraction of sp³-hybridized carbons (Fsp3) is 0.391. The molecule has 2 aromatic heterocycles. The number of thiazole rings is 1. The highest BCUT2D eigenvalue weighted by Crippen LogP contribution is 2.29. The zero-order valence-electron chi connectivity index (χ0n) is 19.0. The molecule has 3 heterocycles. The molecule has 178 valence electrons. The van der Waals surface area contributed by atoms with E-state index >= 15 is 0 Å². The van der Waals surface area contributed by atoms with E-state index in [2.05, 4.69) is 20.6 Å². The first-order chi connectivity index (χ1) is 16.4. The van der Waals surface area contributed by atoms with Gasteiger partial charge in [0.2, 0.25) is 11.8 Å². The molecule has 0 saturated carbocycles. The van der Waals surface area contributed by atoms with Gasteiger partial charge in [-0.25, -0.2) is 4.98 Å². The number of nitrogens with zero attached hydrogens (tertiary/aromatic N) is 4. The number of aromatic nitrogens is 3. The SMILES string of the molecule is CCNC(=O)[C@@H]1CCCN(c2nc3ncn(CC(=O)Nc4cccc(C(C)=O)c4)c(=O)c3s2)C1. The molecular formula is C23H26N6O4S. The lowest BCUT2D eigenvalue weighted by atomic mass is 9.97. The predicted octanol–water partition coefficient (Wildman–Crippen LogP) is 2.05. The van der Waals surface area contributed by atoms with Crippen LogP contribution in [0, 0.1) is 5.92 Å². The Morgan fingerprint density at radius 3 is 2.85 bits per heavy atom. The van der Waals surface area contributed by atoms with Crippen molar-refractivity contribution in [2.45, 2.75) is 33.2 Å². The fourth-order valence-corrected chi connectivity index (χ4v) is 4.94. The summed E-state index contributed by atoms with van der Waals surface area (Å²) in [6.07, 6.45) is 3.00. The van der Waals surface area contributed by atoms with E-state index in [1.54, 1.807) is 24.3 Å². The van der Waals surface area contributed by atoms with Crippen LogP contribution in [-0.4, -0.2) is 51.8 Å². The monoisotopic (exact) mass is 482 g/mol. The van der Waals surface area contributed by atoms with Gasteiger partial charge in [0.15, 0.2) is 16.6 Å². The van der Waals surface area contributed by atoms with Crippen molar-refractivity contribution in [3.8, 4) is 0 Å². The smallest absolute Gasteiger partial charge is 0.273 e. The minimum absolute atomic E-state index is 0.0358. The number of hydrogen-bond donors (Lipinski definition) is 2. The van der Waals surface area contributed by atoms with Crippen LogP contribution >= 0.6 is 11.3 Å². The molecule has 0 bridgehead atoms. The Bertz CT molecular complexity index is 1300. The van der Waals surface area contributed by atoms with Gasteiger partial charge >= 0.3 is 0 Å². The van der Waals surface area contributed by atoms with Crippen LogP contribution in [0.15, 0.2) is 35.4 Å². The molecule has 4 rings (SSSR count). The third-order valence-corrected chi connectivity index (χ3v) is 6.75. The minimum Gasteiger partial charge on any atom is -0.356 e. The number of ketones is 1. The van der Waals surface area contributed by atoms with E-state index in [9.17, 15) is 19.2 Å². The van der Waals surface area contributed by atoms with Crippen molar-refractivity contribution in [3.63, 3.8) is 0 Å². The highest BCUT2D eigenvalue weighted by molar-refractivity contribution is 7.22. The van der Waals surface area contributed by atoms with Gasteiger partial charge in [-0.2, -0.15) is 4.98 Å². The standard InChI is InChI=1S/C23H26N6O4S/c1-3-24-21(32)16-7-5-9-28(11-16)23-27-20-19(34-23)22(33)29(13-25-20)12-18(31)26-17-8-4-6-15(10-17)14(2)30/h4,6,8,10,13,16H,3,5,7,9,11-12H2,1-2H3,(H,24,32)(H,26,31)/t16-/m1/s1. The molecule has 0 aliphatic carbocycles. The van der Waals surface area contributed by atoms with Gasteiger partial charge in [0.25, 0.3) is 5.56 Å². The van der Waals surface area contributed by atoms with E-state index in [1.165, 1.54) is 29.2 Å². The molecule has 0 radical (unpaired) electrons. The average molecular weight is 483 g/mol. The molecule has 2 amide bonds. The van der Waals surface area contributed by atoms with Crippen LogP contribution in [0.4, 0.5) is 10.8 Å². The summed E-state index contributed by atoms with van der Waals surface area (Å²) < 4.78 is 1.60. The van der Waals surface area contributed by atoms with Gasteiger partial charge in [0, 0.05) is 30.9 Å². The molecule has 1 aliphatic heterocycles. The second-order valence-corrected chi connectivity index (χ2v) is 9.17. The van der Waals surface area contributed by atoms with Crippen molar-refractivity contribution in [2.75, 3.05) is 29.9 Å². The molecule has 3 aromatic rings. The molecule has 1 aliphatic rings. The summed E-state index contributed by atoms with van der Waals surface area (Å²) in [5, 5.41) is 6.23. The van der Waals surface area contributed by atoms with Crippen LogP contribution in [0.5, 0.6) is 0 Å². The largest absolute Gasteiger partial charge is 0.356 e. The van der Waals surface area contributed by atoms with Gasteiger partial charge < -0.3 is 15.5 Å². The van der Waals surface area contributed by atoms with Crippen molar-refractivity contribution in [3.05, 3.63) is 46.5 Å². The number of amides is 2. The van der Waals surface area contributed by atoms with Crippen molar-refractivity contribution >= 4 is 50.1 Å². The zero-order valence-corrected chi connectivity index (χ0v) is 19.9. The second-order valence-electron chi connectivity index (χ2n) is 8.19. The third-order valence-electron chi connectivity index (χ3n) is 5.65. The maximum atomic E-state index is 13.0. The van der Waals surface area contributed by atoms with Crippen molar-refractivity contribution in [1.82, 2.24) is 19.9 Å². The summed E-state index contributed by atoms with van der Waals surface area (Å²) in [5.41, 5.74) is 0.948. The maximum absolute atomic E-state index is 13.0. The lowest BCUT2D eigenvalue weighted by Gasteiger charge is -2.31. The van der Waals surface area contributed by atoms with Gasteiger partial charge in [-0.3, -0.25) is 23.7 Å².